The van der Waals surface area contributed by atoms with Crippen LogP contribution in [0.4, 0.5) is 14.9 Å². The zero-order valence-electron chi connectivity index (χ0n) is 10.5. The minimum absolute atomic E-state index is 0.0942. The number of aliphatic carboxylic acids is 1. The topological polar surface area (TPSA) is 69.6 Å². The molecular weight excluding hydrogens is 251 g/mol. The van der Waals surface area contributed by atoms with E-state index in [0.717, 1.165) is 6.08 Å². The second kappa shape index (κ2) is 7.15. The zero-order chi connectivity index (χ0) is 14.3. The maximum Gasteiger partial charge on any atom is 0.328 e. The number of urea groups is 1. The number of benzene rings is 1. The monoisotopic (exact) mass is 266 g/mol. The lowest BCUT2D eigenvalue weighted by Crippen LogP contribution is -2.40. The number of carboxylic acids is 1. The second-order valence-corrected chi connectivity index (χ2v) is 3.65. The maximum absolute atomic E-state index is 13.1. The molecule has 0 aliphatic heterocycles. The molecule has 0 saturated carbocycles. The molecule has 0 aromatic heterocycles. The third kappa shape index (κ3) is 4.79. The maximum atomic E-state index is 13.1. The van der Waals surface area contributed by atoms with E-state index >= 15 is 0 Å². The molecule has 2 N–H and O–H groups in total. The molecule has 1 aromatic carbocycles. The molecule has 0 atom stereocenters. The molecule has 0 fully saturated rings. The van der Waals surface area contributed by atoms with Crippen LogP contribution in [0.1, 0.15) is 6.92 Å². The highest BCUT2D eigenvalue weighted by Crippen LogP contribution is 2.15. The van der Waals surface area contributed by atoms with Gasteiger partial charge in [-0.3, -0.25) is 4.90 Å². The summed E-state index contributed by atoms with van der Waals surface area (Å²) in [6.07, 6.45) is 2.26. The van der Waals surface area contributed by atoms with Crippen molar-refractivity contribution in [2.24, 2.45) is 0 Å². The predicted octanol–water partition coefficient (Wildman–Crippen LogP) is 2.00. The van der Waals surface area contributed by atoms with Crippen LogP contribution >= 0.6 is 0 Å². The molecule has 0 bridgehead atoms. The smallest absolute Gasteiger partial charge is 0.328 e. The fraction of sp³-hybridized carbons (Fsp3) is 0.231. The molecule has 0 saturated heterocycles. The van der Waals surface area contributed by atoms with Gasteiger partial charge in [-0.15, -0.1) is 0 Å². The van der Waals surface area contributed by atoms with Crippen molar-refractivity contribution < 1.29 is 19.1 Å². The normalized spacial score (nSPS) is 10.4. The Hall–Kier alpha value is -2.37. The van der Waals surface area contributed by atoms with Gasteiger partial charge >= 0.3 is 12.0 Å². The minimum atomic E-state index is -1.08. The largest absolute Gasteiger partial charge is 0.478 e. The van der Waals surface area contributed by atoms with Gasteiger partial charge in [0.25, 0.3) is 0 Å². The highest BCUT2D eigenvalue weighted by Gasteiger charge is 2.12. The van der Waals surface area contributed by atoms with Crippen molar-refractivity contribution in [1.29, 1.82) is 0 Å². The minimum Gasteiger partial charge on any atom is -0.478 e. The summed E-state index contributed by atoms with van der Waals surface area (Å²) >= 11 is 0. The summed E-state index contributed by atoms with van der Waals surface area (Å²) in [5, 5.41) is 10.9. The molecule has 0 heterocycles. The Morgan fingerprint density at radius 3 is 2.79 bits per heavy atom. The Kier molecular flexibility index (Phi) is 5.53. The lowest BCUT2D eigenvalue weighted by molar-refractivity contribution is -0.131. The molecule has 5 nitrogen and oxygen atoms in total. The molecule has 2 amide bonds. The van der Waals surface area contributed by atoms with Crippen LogP contribution in [-0.2, 0) is 4.79 Å². The number of hydrogen-bond acceptors (Lipinski definition) is 2. The number of nitrogens with zero attached hydrogens (tertiary/aromatic N) is 1. The van der Waals surface area contributed by atoms with Gasteiger partial charge in [0.2, 0.25) is 0 Å². The van der Waals surface area contributed by atoms with Crippen LogP contribution in [0.3, 0.4) is 0 Å². The highest BCUT2D eigenvalue weighted by molar-refractivity contribution is 5.92. The fourth-order valence-electron chi connectivity index (χ4n) is 1.49. The van der Waals surface area contributed by atoms with Gasteiger partial charge in [-0.1, -0.05) is 12.1 Å². The predicted molar refractivity (Wildman–Crippen MR) is 69.6 cm³/mol. The van der Waals surface area contributed by atoms with Gasteiger partial charge in [-0.05, 0) is 25.1 Å². The van der Waals surface area contributed by atoms with Crippen LogP contribution in [0.25, 0.3) is 0 Å². The van der Waals surface area contributed by atoms with Crippen LogP contribution in [0, 0.1) is 5.82 Å². The van der Waals surface area contributed by atoms with E-state index in [1.807, 2.05) is 0 Å². The lowest BCUT2D eigenvalue weighted by atomic mass is 10.3. The van der Waals surface area contributed by atoms with E-state index < -0.39 is 17.8 Å². The van der Waals surface area contributed by atoms with Crippen molar-refractivity contribution in [2.45, 2.75) is 6.92 Å². The number of nitrogens with one attached hydrogen (secondary N) is 1. The number of anilines is 1. The first kappa shape index (κ1) is 14.7. The first-order chi connectivity index (χ1) is 9.04. The zero-order valence-corrected chi connectivity index (χ0v) is 10.5. The van der Waals surface area contributed by atoms with Crippen molar-refractivity contribution in [1.82, 2.24) is 5.32 Å². The average Bonchev–Trinajstić information content (AvgIpc) is 2.35. The fourth-order valence-corrected chi connectivity index (χ4v) is 1.49. The van der Waals surface area contributed by atoms with Crippen LogP contribution < -0.4 is 10.2 Å². The Labute approximate surface area is 110 Å². The number of hydrogen-bond donors (Lipinski definition) is 2. The summed E-state index contributed by atoms with van der Waals surface area (Å²) in [5.41, 5.74) is 0.446. The molecule has 0 spiro atoms. The van der Waals surface area contributed by atoms with Gasteiger partial charge in [-0.25, -0.2) is 14.0 Å². The number of carboxylic acid groups (broad SMARTS) is 1. The van der Waals surface area contributed by atoms with Crippen LogP contribution in [0.5, 0.6) is 0 Å². The van der Waals surface area contributed by atoms with E-state index in [1.165, 1.54) is 29.2 Å². The molecule has 1 rings (SSSR count). The summed E-state index contributed by atoms with van der Waals surface area (Å²) in [6, 6.07) is 5.29. The van der Waals surface area contributed by atoms with Crippen molar-refractivity contribution >= 4 is 17.7 Å². The van der Waals surface area contributed by atoms with E-state index in [-0.39, 0.29) is 6.54 Å². The second-order valence-electron chi connectivity index (χ2n) is 3.65. The Morgan fingerprint density at radius 2 is 2.21 bits per heavy atom. The average molecular weight is 266 g/mol. The van der Waals surface area contributed by atoms with E-state index in [9.17, 15) is 14.0 Å². The SMILES string of the molecule is CCN(C(=O)NC/C=C/C(=O)O)c1cccc(F)c1. The van der Waals surface area contributed by atoms with Gasteiger partial charge in [0, 0.05) is 24.9 Å². The van der Waals surface area contributed by atoms with Gasteiger partial charge in [0.1, 0.15) is 5.82 Å². The summed E-state index contributed by atoms with van der Waals surface area (Å²) < 4.78 is 13.1. The Morgan fingerprint density at radius 1 is 1.47 bits per heavy atom. The van der Waals surface area contributed by atoms with Crippen LogP contribution in [0.2, 0.25) is 0 Å². The number of carbonyl (C=O) groups is 2. The number of carbonyl (C=O) groups excluding carboxylic acids is 1. The standard InChI is InChI=1S/C13H15FN2O3/c1-2-16(11-6-3-5-10(14)9-11)13(19)15-8-4-7-12(17)18/h3-7,9H,2,8H2,1H3,(H,15,19)(H,17,18)/b7-4+. The highest BCUT2D eigenvalue weighted by atomic mass is 19.1. The molecule has 19 heavy (non-hydrogen) atoms. The Bertz CT molecular complexity index is 489. The molecule has 102 valence electrons. The van der Waals surface area contributed by atoms with Crippen molar-refractivity contribution in [3.8, 4) is 0 Å². The van der Waals surface area contributed by atoms with Gasteiger partial charge in [-0.2, -0.15) is 0 Å². The van der Waals surface area contributed by atoms with Gasteiger partial charge < -0.3 is 10.4 Å². The molecule has 1 aromatic rings. The van der Waals surface area contributed by atoms with E-state index in [4.69, 9.17) is 5.11 Å². The van der Waals surface area contributed by atoms with Crippen molar-refractivity contribution in [3.05, 3.63) is 42.2 Å². The summed E-state index contributed by atoms with van der Waals surface area (Å²) in [4.78, 5) is 23.4. The summed E-state index contributed by atoms with van der Waals surface area (Å²) in [5.74, 6) is -1.50. The van der Waals surface area contributed by atoms with Crippen LogP contribution in [-0.4, -0.2) is 30.2 Å². The van der Waals surface area contributed by atoms with Crippen molar-refractivity contribution in [3.63, 3.8) is 0 Å². The molecule has 0 aliphatic rings. The molecular formula is C13H15FN2O3. The van der Waals surface area contributed by atoms with E-state index in [1.54, 1.807) is 13.0 Å². The van der Waals surface area contributed by atoms with Gasteiger partial charge in [0.05, 0.1) is 0 Å². The molecule has 0 radical (unpaired) electrons. The first-order valence-electron chi connectivity index (χ1n) is 5.75. The Balaban J connectivity index is 2.64. The summed E-state index contributed by atoms with van der Waals surface area (Å²) in [6.45, 7) is 2.23. The number of rotatable bonds is 5. The van der Waals surface area contributed by atoms with E-state index in [2.05, 4.69) is 5.32 Å². The third-order valence-electron chi connectivity index (χ3n) is 2.31. The first-order valence-corrected chi connectivity index (χ1v) is 5.75. The lowest BCUT2D eigenvalue weighted by Gasteiger charge is -2.21. The van der Waals surface area contributed by atoms with Crippen molar-refractivity contribution in [2.75, 3.05) is 18.0 Å². The van der Waals surface area contributed by atoms with Crippen LogP contribution in [0.15, 0.2) is 36.4 Å². The summed E-state index contributed by atoms with van der Waals surface area (Å²) in [7, 11) is 0. The third-order valence-corrected chi connectivity index (χ3v) is 2.31. The number of halogens is 1. The quantitative estimate of drug-likeness (QED) is 0.801. The van der Waals surface area contributed by atoms with E-state index in [0.29, 0.717) is 12.2 Å². The molecule has 0 aliphatic carbocycles. The molecule has 0 unspecified atom stereocenters. The van der Waals surface area contributed by atoms with Gasteiger partial charge in [0.15, 0.2) is 0 Å². The number of amides is 2. The molecule has 6 heteroatoms.